The Morgan fingerprint density at radius 2 is 1.73 bits per heavy atom. The molecule has 0 unspecified atom stereocenters. The topological polar surface area (TPSA) is 115 Å². The molecule has 9 nitrogen and oxygen atoms in total. The number of nitrogens with one attached hydrogen (secondary N) is 1. The van der Waals surface area contributed by atoms with Crippen molar-refractivity contribution in [2.24, 2.45) is 0 Å². The summed E-state index contributed by atoms with van der Waals surface area (Å²) in [6.07, 6.45) is -2.12. The third kappa shape index (κ3) is 6.12. The molecule has 0 radical (unpaired) electrons. The molecular formula is C24H21F3N4O5S. The fraction of sp³-hybridized carbons (Fsp3) is 0.167. The normalized spacial score (nSPS) is 11.9. The number of aromatic hydroxyl groups is 1. The van der Waals surface area contributed by atoms with Crippen molar-refractivity contribution in [3.8, 4) is 17.3 Å². The van der Waals surface area contributed by atoms with Crippen molar-refractivity contribution < 1.29 is 31.4 Å². The molecule has 37 heavy (non-hydrogen) atoms. The molecule has 4 rings (SSSR count). The number of alkyl halides is 3. The highest BCUT2D eigenvalue weighted by Crippen LogP contribution is 2.26. The number of halogens is 3. The van der Waals surface area contributed by atoms with Crippen LogP contribution in [0.5, 0.6) is 11.6 Å². The molecule has 0 saturated heterocycles. The van der Waals surface area contributed by atoms with Crippen molar-refractivity contribution in [3.05, 3.63) is 100 Å². The number of imidazole rings is 1. The molecule has 0 amide bonds. The Labute approximate surface area is 209 Å². The second kappa shape index (κ2) is 10.0. The van der Waals surface area contributed by atoms with E-state index in [1.165, 1.54) is 42.1 Å². The molecule has 0 aliphatic rings. The van der Waals surface area contributed by atoms with Crippen LogP contribution in [0.15, 0.2) is 77.9 Å². The number of hydrogen-bond donors (Lipinski definition) is 2. The first-order valence-electron chi connectivity index (χ1n) is 10.8. The molecule has 194 valence electrons. The number of anilines is 1. The van der Waals surface area contributed by atoms with E-state index in [9.17, 15) is 31.5 Å². The van der Waals surface area contributed by atoms with Crippen molar-refractivity contribution in [2.45, 2.75) is 25.6 Å². The van der Waals surface area contributed by atoms with Crippen molar-refractivity contribution >= 4 is 15.7 Å². The van der Waals surface area contributed by atoms with Gasteiger partial charge in [0.2, 0.25) is 15.9 Å². The lowest BCUT2D eigenvalue weighted by molar-refractivity contribution is -0.274. The van der Waals surface area contributed by atoms with Gasteiger partial charge in [-0.05, 0) is 48.4 Å². The SMILES string of the molecule is Cc1c(O)n(-c2ccc(OC(F)(F)F)cc2)c(=O)n1Cc1ccncc1NS(=O)(=O)Cc1ccccc1. The van der Waals surface area contributed by atoms with Gasteiger partial charge in [0.1, 0.15) is 5.75 Å². The second-order valence-corrected chi connectivity index (χ2v) is 9.76. The molecule has 0 fully saturated rings. The molecule has 0 spiro atoms. The van der Waals surface area contributed by atoms with Gasteiger partial charge in [-0.25, -0.2) is 17.8 Å². The zero-order chi connectivity index (χ0) is 26.8. The van der Waals surface area contributed by atoms with Crippen LogP contribution in [0.4, 0.5) is 18.9 Å². The van der Waals surface area contributed by atoms with Crippen LogP contribution in [0.3, 0.4) is 0 Å². The van der Waals surface area contributed by atoms with E-state index in [-0.39, 0.29) is 29.4 Å². The van der Waals surface area contributed by atoms with E-state index in [0.29, 0.717) is 11.1 Å². The van der Waals surface area contributed by atoms with Crippen LogP contribution in [0, 0.1) is 6.92 Å². The van der Waals surface area contributed by atoms with Gasteiger partial charge >= 0.3 is 12.1 Å². The van der Waals surface area contributed by atoms with Gasteiger partial charge < -0.3 is 9.84 Å². The summed E-state index contributed by atoms with van der Waals surface area (Å²) >= 11 is 0. The van der Waals surface area contributed by atoms with Crippen LogP contribution in [0.1, 0.15) is 16.8 Å². The summed E-state index contributed by atoms with van der Waals surface area (Å²) in [6, 6.07) is 14.5. The van der Waals surface area contributed by atoms with Crippen LogP contribution in [0.2, 0.25) is 0 Å². The minimum absolute atomic E-state index is 0.109. The maximum Gasteiger partial charge on any atom is 0.573 e. The van der Waals surface area contributed by atoms with Crippen molar-refractivity contribution in [3.63, 3.8) is 0 Å². The van der Waals surface area contributed by atoms with Crippen LogP contribution in [0.25, 0.3) is 5.69 Å². The standard InChI is InChI=1S/C24H21F3N4O5S/c1-16-22(32)31(19-7-9-20(10-8-19)36-24(25,26)27)23(33)30(16)14-18-11-12-28-13-21(18)29-37(34,35)15-17-5-3-2-4-6-17/h2-13,29,32H,14-15H2,1H3. The van der Waals surface area contributed by atoms with E-state index >= 15 is 0 Å². The number of aromatic nitrogens is 3. The highest BCUT2D eigenvalue weighted by atomic mass is 32.2. The van der Waals surface area contributed by atoms with Crippen LogP contribution in [-0.2, 0) is 22.3 Å². The summed E-state index contributed by atoms with van der Waals surface area (Å²) in [4.78, 5) is 17.1. The molecule has 0 bridgehead atoms. The number of hydrogen-bond acceptors (Lipinski definition) is 6. The van der Waals surface area contributed by atoms with Crippen LogP contribution >= 0.6 is 0 Å². The Hall–Kier alpha value is -4.26. The number of benzene rings is 2. The zero-order valence-corrected chi connectivity index (χ0v) is 20.1. The predicted octanol–water partition coefficient (Wildman–Crippen LogP) is 3.94. The highest BCUT2D eigenvalue weighted by Gasteiger charge is 2.31. The summed E-state index contributed by atoms with van der Waals surface area (Å²) in [5, 5.41) is 10.6. The van der Waals surface area contributed by atoms with Crippen LogP contribution < -0.4 is 15.1 Å². The van der Waals surface area contributed by atoms with Gasteiger partial charge in [-0.3, -0.25) is 14.3 Å². The van der Waals surface area contributed by atoms with Crippen molar-refractivity contribution in [1.29, 1.82) is 0 Å². The molecular weight excluding hydrogens is 513 g/mol. The van der Waals surface area contributed by atoms with Gasteiger partial charge in [-0.1, -0.05) is 30.3 Å². The van der Waals surface area contributed by atoms with Gasteiger partial charge in [0.25, 0.3) is 0 Å². The van der Waals surface area contributed by atoms with E-state index in [2.05, 4.69) is 14.4 Å². The van der Waals surface area contributed by atoms with Crippen molar-refractivity contribution in [2.75, 3.05) is 4.72 Å². The highest BCUT2D eigenvalue weighted by molar-refractivity contribution is 7.91. The molecule has 2 aromatic heterocycles. The number of nitrogens with zero attached hydrogens (tertiary/aromatic N) is 3. The van der Waals surface area contributed by atoms with E-state index < -0.39 is 33.7 Å². The van der Waals surface area contributed by atoms with E-state index in [4.69, 9.17) is 0 Å². The van der Waals surface area contributed by atoms with Gasteiger partial charge in [0.05, 0.1) is 35.6 Å². The first-order chi connectivity index (χ1) is 17.4. The van der Waals surface area contributed by atoms with E-state index in [1.807, 2.05) is 0 Å². The lowest BCUT2D eigenvalue weighted by Gasteiger charge is -2.13. The predicted molar refractivity (Wildman–Crippen MR) is 129 cm³/mol. The molecule has 4 aromatic rings. The maximum atomic E-state index is 13.2. The number of sulfonamides is 1. The number of rotatable bonds is 8. The summed E-state index contributed by atoms with van der Waals surface area (Å²) in [5.41, 5.74) is 0.733. The summed E-state index contributed by atoms with van der Waals surface area (Å²) in [6.45, 7) is 1.36. The summed E-state index contributed by atoms with van der Waals surface area (Å²) < 4.78 is 71.2. The maximum absolute atomic E-state index is 13.2. The molecule has 0 atom stereocenters. The van der Waals surface area contributed by atoms with Crippen molar-refractivity contribution in [1.82, 2.24) is 14.1 Å². The van der Waals surface area contributed by atoms with Gasteiger partial charge in [-0.15, -0.1) is 13.2 Å². The van der Waals surface area contributed by atoms with Gasteiger partial charge in [0, 0.05) is 6.20 Å². The van der Waals surface area contributed by atoms with Gasteiger partial charge in [0.15, 0.2) is 0 Å². The lowest BCUT2D eigenvalue weighted by Crippen LogP contribution is -2.25. The molecule has 2 N–H and O–H groups in total. The second-order valence-electron chi connectivity index (χ2n) is 8.03. The van der Waals surface area contributed by atoms with E-state index in [0.717, 1.165) is 16.7 Å². The molecule has 13 heteroatoms. The Bertz CT molecular complexity index is 1560. The Morgan fingerprint density at radius 3 is 2.38 bits per heavy atom. The molecule has 2 aromatic carbocycles. The van der Waals surface area contributed by atoms with Crippen LogP contribution in [-0.4, -0.2) is 34.0 Å². The number of pyridine rings is 1. The quantitative estimate of drug-likeness (QED) is 0.354. The third-order valence-corrected chi connectivity index (χ3v) is 6.64. The lowest BCUT2D eigenvalue weighted by atomic mass is 10.2. The first kappa shape index (κ1) is 25.8. The smallest absolute Gasteiger partial charge is 0.493 e. The summed E-state index contributed by atoms with van der Waals surface area (Å²) in [5.74, 6) is -1.18. The minimum atomic E-state index is -4.87. The zero-order valence-electron chi connectivity index (χ0n) is 19.3. The molecule has 0 aliphatic heterocycles. The molecule has 0 aliphatic carbocycles. The first-order valence-corrected chi connectivity index (χ1v) is 12.4. The summed E-state index contributed by atoms with van der Waals surface area (Å²) in [7, 11) is -3.81. The third-order valence-electron chi connectivity index (χ3n) is 5.40. The number of ether oxygens (including phenoxy) is 1. The molecule has 2 heterocycles. The fourth-order valence-corrected chi connectivity index (χ4v) is 4.90. The van der Waals surface area contributed by atoms with Gasteiger partial charge in [-0.2, -0.15) is 0 Å². The Balaban J connectivity index is 1.62. The average molecular weight is 535 g/mol. The monoisotopic (exact) mass is 534 g/mol. The fourth-order valence-electron chi connectivity index (χ4n) is 3.67. The van der Waals surface area contributed by atoms with E-state index in [1.54, 1.807) is 30.3 Å². The Kier molecular flexibility index (Phi) is 6.99. The largest absolute Gasteiger partial charge is 0.573 e. The average Bonchev–Trinajstić information content (AvgIpc) is 3.03. The Morgan fingerprint density at radius 1 is 1.05 bits per heavy atom. The minimum Gasteiger partial charge on any atom is -0.493 e. The molecule has 0 saturated carbocycles.